The van der Waals surface area contributed by atoms with Crippen molar-refractivity contribution in [3.8, 4) is 0 Å². The highest BCUT2D eigenvalue weighted by Gasteiger charge is 2.16. The first kappa shape index (κ1) is 13.2. The zero-order valence-electron chi connectivity index (χ0n) is 11.2. The van der Waals surface area contributed by atoms with Crippen LogP contribution in [0.3, 0.4) is 0 Å². The van der Waals surface area contributed by atoms with E-state index in [-0.39, 0.29) is 6.04 Å². The van der Waals surface area contributed by atoms with Crippen LogP contribution in [-0.2, 0) is 0 Å². The monoisotopic (exact) mass is 260 g/mol. The third kappa shape index (κ3) is 2.98. The number of thiophene rings is 1. The van der Waals surface area contributed by atoms with Crippen LogP contribution in [0.1, 0.15) is 41.1 Å². The number of hydrogen-bond acceptors (Lipinski definition) is 3. The average molecular weight is 260 g/mol. The highest BCUT2D eigenvalue weighted by Crippen LogP contribution is 2.28. The Balaban J connectivity index is 2.33. The zero-order valence-corrected chi connectivity index (χ0v) is 12.1. The third-order valence-corrected chi connectivity index (χ3v) is 3.92. The molecule has 2 heterocycles. The Morgan fingerprint density at radius 1 is 1.33 bits per heavy atom. The molecule has 96 valence electrons. The quantitative estimate of drug-likeness (QED) is 0.883. The highest BCUT2D eigenvalue weighted by atomic mass is 32.1. The molecule has 0 saturated heterocycles. The second-order valence-electron chi connectivity index (χ2n) is 4.55. The predicted molar refractivity (Wildman–Crippen MR) is 78.2 cm³/mol. The van der Waals surface area contributed by atoms with E-state index in [4.69, 9.17) is 0 Å². The minimum Gasteiger partial charge on any atom is -0.306 e. The third-order valence-electron chi connectivity index (χ3n) is 3.06. The van der Waals surface area contributed by atoms with Crippen molar-refractivity contribution in [1.29, 1.82) is 0 Å². The van der Waals surface area contributed by atoms with Crippen molar-refractivity contribution in [2.24, 2.45) is 0 Å². The molecule has 1 N–H and O–H groups in total. The van der Waals surface area contributed by atoms with E-state index in [1.165, 1.54) is 16.0 Å². The van der Waals surface area contributed by atoms with E-state index in [9.17, 15) is 0 Å². The number of aryl methyl sites for hydroxylation is 2. The molecule has 0 aliphatic heterocycles. The van der Waals surface area contributed by atoms with Gasteiger partial charge in [0, 0.05) is 16.8 Å². The van der Waals surface area contributed by atoms with Gasteiger partial charge in [-0.2, -0.15) is 0 Å². The van der Waals surface area contributed by atoms with E-state index in [2.05, 4.69) is 47.7 Å². The van der Waals surface area contributed by atoms with Gasteiger partial charge in [0.05, 0.1) is 6.04 Å². The van der Waals surface area contributed by atoms with Crippen LogP contribution < -0.4 is 5.32 Å². The van der Waals surface area contributed by atoms with Crippen LogP contribution in [0, 0.1) is 13.8 Å². The second-order valence-corrected chi connectivity index (χ2v) is 5.67. The van der Waals surface area contributed by atoms with Gasteiger partial charge in [0.2, 0.25) is 0 Å². The summed E-state index contributed by atoms with van der Waals surface area (Å²) in [5, 5.41) is 5.80. The standard InChI is InChI=1S/C15H20N2S/c1-4-7-17-15(14-6-9-18-12(14)3)13-5-8-16-11(2)10-13/h5-6,8-10,15,17H,4,7H2,1-3H3. The van der Waals surface area contributed by atoms with Gasteiger partial charge in [-0.25, -0.2) is 0 Å². The molecule has 0 amide bonds. The molecule has 0 fully saturated rings. The Hall–Kier alpha value is -1.19. The fraction of sp³-hybridized carbons (Fsp3) is 0.400. The van der Waals surface area contributed by atoms with Crippen LogP contribution >= 0.6 is 11.3 Å². The van der Waals surface area contributed by atoms with Crippen LogP contribution in [0.25, 0.3) is 0 Å². The van der Waals surface area contributed by atoms with E-state index in [0.29, 0.717) is 0 Å². The van der Waals surface area contributed by atoms with Gasteiger partial charge in [-0.3, -0.25) is 4.98 Å². The summed E-state index contributed by atoms with van der Waals surface area (Å²) in [5.74, 6) is 0. The van der Waals surface area contributed by atoms with Crippen LogP contribution in [0.4, 0.5) is 0 Å². The molecule has 0 spiro atoms. The van der Waals surface area contributed by atoms with Crippen molar-refractivity contribution >= 4 is 11.3 Å². The molecule has 0 radical (unpaired) electrons. The number of nitrogens with zero attached hydrogens (tertiary/aromatic N) is 1. The van der Waals surface area contributed by atoms with Crippen molar-refractivity contribution in [2.45, 2.75) is 33.2 Å². The predicted octanol–water partition coefficient (Wildman–Crippen LogP) is 3.85. The van der Waals surface area contributed by atoms with E-state index < -0.39 is 0 Å². The van der Waals surface area contributed by atoms with Gasteiger partial charge in [-0.1, -0.05) is 6.92 Å². The van der Waals surface area contributed by atoms with Crippen LogP contribution in [0.2, 0.25) is 0 Å². The van der Waals surface area contributed by atoms with Gasteiger partial charge in [0.1, 0.15) is 0 Å². The Bertz CT molecular complexity index is 505. The second kappa shape index (κ2) is 6.12. The molecule has 1 unspecified atom stereocenters. The summed E-state index contributed by atoms with van der Waals surface area (Å²) in [5.41, 5.74) is 3.76. The molecule has 18 heavy (non-hydrogen) atoms. The summed E-state index contributed by atoms with van der Waals surface area (Å²) < 4.78 is 0. The van der Waals surface area contributed by atoms with Crippen molar-refractivity contribution < 1.29 is 0 Å². The van der Waals surface area contributed by atoms with Crippen molar-refractivity contribution in [3.63, 3.8) is 0 Å². The maximum atomic E-state index is 4.28. The normalized spacial score (nSPS) is 12.6. The fourth-order valence-electron chi connectivity index (χ4n) is 2.14. The molecule has 0 aromatic carbocycles. The smallest absolute Gasteiger partial charge is 0.0588 e. The van der Waals surface area contributed by atoms with Gasteiger partial charge >= 0.3 is 0 Å². The summed E-state index contributed by atoms with van der Waals surface area (Å²) in [6.07, 6.45) is 3.04. The first-order valence-corrected chi connectivity index (χ1v) is 7.30. The summed E-state index contributed by atoms with van der Waals surface area (Å²) in [6.45, 7) is 7.46. The topological polar surface area (TPSA) is 24.9 Å². The molecule has 0 aliphatic carbocycles. The molecule has 0 bridgehead atoms. The fourth-order valence-corrected chi connectivity index (χ4v) is 2.88. The lowest BCUT2D eigenvalue weighted by Crippen LogP contribution is -2.23. The highest BCUT2D eigenvalue weighted by molar-refractivity contribution is 7.10. The number of nitrogens with one attached hydrogen (secondary N) is 1. The first-order chi connectivity index (χ1) is 8.72. The van der Waals surface area contributed by atoms with E-state index in [1.807, 2.05) is 24.5 Å². The van der Waals surface area contributed by atoms with E-state index in [0.717, 1.165) is 18.7 Å². The van der Waals surface area contributed by atoms with E-state index in [1.54, 1.807) is 0 Å². The minimum absolute atomic E-state index is 0.290. The first-order valence-electron chi connectivity index (χ1n) is 6.42. The Morgan fingerprint density at radius 3 is 2.78 bits per heavy atom. The van der Waals surface area contributed by atoms with Crippen LogP contribution in [0.15, 0.2) is 29.8 Å². The lowest BCUT2D eigenvalue weighted by atomic mass is 9.99. The van der Waals surface area contributed by atoms with Gasteiger partial charge < -0.3 is 5.32 Å². The number of rotatable bonds is 5. The average Bonchev–Trinajstić information content (AvgIpc) is 2.77. The lowest BCUT2D eigenvalue weighted by Gasteiger charge is -2.19. The van der Waals surface area contributed by atoms with Gasteiger partial charge in [0.25, 0.3) is 0 Å². The molecule has 3 heteroatoms. The summed E-state index contributed by atoms with van der Waals surface area (Å²) in [6, 6.07) is 6.79. The van der Waals surface area contributed by atoms with Gasteiger partial charge in [0.15, 0.2) is 0 Å². The summed E-state index contributed by atoms with van der Waals surface area (Å²) >= 11 is 1.81. The van der Waals surface area contributed by atoms with Gasteiger partial charge in [-0.05, 0) is 61.5 Å². The maximum absolute atomic E-state index is 4.28. The molecule has 2 rings (SSSR count). The Morgan fingerprint density at radius 2 is 2.17 bits per heavy atom. The summed E-state index contributed by atoms with van der Waals surface area (Å²) in [7, 11) is 0. The van der Waals surface area contributed by atoms with Crippen LogP contribution in [0.5, 0.6) is 0 Å². The molecule has 1 atom stereocenters. The number of pyridine rings is 1. The Kier molecular flexibility index (Phi) is 4.50. The molecule has 2 aromatic heterocycles. The maximum Gasteiger partial charge on any atom is 0.0588 e. The molecule has 0 saturated carbocycles. The zero-order chi connectivity index (χ0) is 13.0. The number of aromatic nitrogens is 1. The van der Waals surface area contributed by atoms with Crippen molar-refractivity contribution in [3.05, 3.63) is 51.5 Å². The van der Waals surface area contributed by atoms with E-state index >= 15 is 0 Å². The molecular formula is C15H20N2S. The SMILES string of the molecule is CCCNC(c1ccnc(C)c1)c1ccsc1C. The van der Waals surface area contributed by atoms with Gasteiger partial charge in [-0.15, -0.1) is 11.3 Å². The molecule has 0 aliphatic rings. The lowest BCUT2D eigenvalue weighted by molar-refractivity contribution is 0.597. The van der Waals surface area contributed by atoms with Crippen LogP contribution in [-0.4, -0.2) is 11.5 Å². The summed E-state index contributed by atoms with van der Waals surface area (Å²) in [4.78, 5) is 5.67. The number of hydrogen-bond donors (Lipinski definition) is 1. The minimum atomic E-state index is 0.290. The largest absolute Gasteiger partial charge is 0.306 e. The molecule has 2 nitrogen and oxygen atoms in total. The van der Waals surface area contributed by atoms with Crippen molar-refractivity contribution in [2.75, 3.05) is 6.54 Å². The molecule has 2 aromatic rings. The van der Waals surface area contributed by atoms with Crippen molar-refractivity contribution in [1.82, 2.24) is 10.3 Å². The molecular weight excluding hydrogens is 240 g/mol. The Labute approximate surface area is 113 Å².